The molecule has 32 heavy (non-hydrogen) atoms. The van der Waals surface area contributed by atoms with Gasteiger partial charge in [0.2, 0.25) is 10.0 Å². The Balaban J connectivity index is 1.37. The molecule has 1 saturated heterocycles. The molecule has 0 radical (unpaired) electrons. The van der Waals surface area contributed by atoms with Crippen LogP contribution in [0.2, 0.25) is 0 Å². The summed E-state index contributed by atoms with van der Waals surface area (Å²) in [6.07, 6.45) is 2.50. The second-order valence-corrected chi connectivity index (χ2v) is 9.84. The summed E-state index contributed by atoms with van der Waals surface area (Å²) in [5.74, 6) is -1.18. The zero-order valence-corrected chi connectivity index (χ0v) is 18.5. The highest BCUT2D eigenvalue weighted by Gasteiger charge is 2.29. The second-order valence-electron chi connectivity index (χ2n) is 7.90. The number of sulfonamides is 1. The largest absolute Gasteiger partial charge is 0.452 e. The molecule has 0 aromatic heterocycles. The minimum Gasteiger partial charge on any atom is -0.452 e. The number of hydrogen-bond acceptors (Lipinski definition) is 6. The minimum atomic E-state index is -3.78. The summed E-state index contributed by atoms with van der Waals surface area (Å²) in [5, 5.41) is 2.67. The van der Waals surface area contributed by atoms with Crippen molar-refractivity contribution in [1.29, 1.82) is 0 Å². The Bertz CT molecular complexity index is 1100. The third kappa shape index (κ3) is 5.17. The summed E-state index contributed by atoms with van der Waals surface area (Å²) in [4.78, 5) is 24.3. The van der Waals surface area contributed by atoms with Gasteiger partial charge in [0.15, 0.2) is 6.61 Å². The lowest BCUT2D eigenvalue weighted by molar-refractivity contribution is -0.124. The lowest BCUT2D eigenvalue weighted by atomic mass is 10.0. The fourth-order valence-corrected chi connectivity index (χ4v) is 5.37. The van der Waals surface area contributed by atoms with Gasteiger partial charge < -0.3 is 14.8 Å². The van der Waals surface area contributed by atoms with E-state index in [0.29, 0.717) is 26.1 Å². The van der Waals surface area contributed by atoms with Crippen LogP contribution in [0.1, 0.15) is 34.3 Å². The topological polar surface area (TPSA) is 102 Å². The predicted octanol–water partition coefficient (Wildman–Crippen LogP) is 1.89. The molecule has 0 bridgehead atoms. The average Bonchev–Trinajstić information content (AvgIpc) is 3.34. The van der Waals surface area contributed by atoms with Crippen LogP contribution in [0.3, 0.4) is 0 Å². The summed E-state index contributed by atoms with van der Waals surface area (Å²) in [5.41, 5.74) is 2.20. The Labute approximate surface area is 187 Å². The molecule has 9 heteroatoms. The number of nitrogens with zero attached hydrogens (tertiary/aromatic N) is 1. The molecular weight excluding hydrogens is 432 g/mol. The van der Waals surface area contributed by atoms with Crippen molar-refractivity contribution in [3.8, 4) is 0 Å². The lowest BCUT2D eigenvalue weighted by Gasteiger charge is -2.28. The average molecular weight is 459 g/mol. The molecule has 2 heterocycles. The van der Waals surface area contributed by atoms with Gasteiger partial charge in [0, 0.05) is 26.2 Å². The number of benzene rings is 2. The van der Waals surface area contributed by atoms with Crippen LogP contribution >= 0.6 is 0 Å². The zero-order chi connectivity index (χ0) is 22.6. The van der Waals surface area contributed by atoms with Gasteiger partial charge in [-0.2, -0.15) is 4.31 Å². The fourth-order valence-electron chi connectivity index (χ4n) is 3.91. The van der Waals surface area contributed by atoms with Crippen LogP contribution in [0.25, 0.3) is 0 Å². The zero-order valence-electron chi connectivity index (χ0n) is 17.7. The number of hydrogen-bond donors (Lipinski definition) is 1. The van der Waals surface area contributed by atoms with Crippen molar-refractivity contribution in [2.24, 2.45) is 0 Å². The smallest absolute Gasteiger partial charge is 0.338 e. The molecule has 170 valence electrons. The van der Waals surface area contributed by atoms with E-state index in [1.807, 2.05) is 24.3 Å². The Hall–Kier alpha value is -2.75. The highest BCUT2D eigenvalue weighted by Crippen LogP contribution is 2.25. The Kier molecular flexibility index (Phi) is 6.88. The van der Waals surface area contributed by atoms with E-state index in [1.54, 1.807) is 0 Å². The first-order chi connectivity index (χ1) is 15.4. The number of rotatable bonds is 7. The van der Waals surface area contributed by atoms with Gasteiger partial charge in [-0.05, 0) is 48.6 Å². The molecule has 2 aliphatic heterocycles. The van der Waals surface area contributed by atoms with Crippen molar-refractivity contribution < 1.29 is 27.5 Å². The summed E-state index contributed by atoms with van der Waals surface area (Å²) in [7, 11) is -3.78. The van der Waals surface area contributed by atoms with Crippen LogP contribution < -0.4 is 5.32 Å². The molecule has 8 nitrogen and oxygen atoms in total. The third-order valence-electron chi connectivity index (χ3n) is 5.69. The lowest BCUT2D eigenvalue weighted by Crippen LogP contribution is -2.36. The first-order valence-corrected chi connectivity index (χ1v) is 12.1. The van der Waals surface area contributed by atoms with E-state index in [0.717, 1.165) is 24.0 Å². The number of ether oxygens (including phenoxy) is 2. The minimum absolute atomic E-state index is 0.00158. The van der Waals surface area contributed by atoms with Crippen molar-refractivity contribution in [2.75, 3.05) is 26.3 Å². The molecule has 2 aromatic carbocycles. The number of carbonyl (C=O) groups is 2. The van der Waals surface area contributed by atoms with E-state index < -0.39 is 28.5 Å². The van der Waals surface area contributed by atoms with Crippen LogP contribution in [0.15, 0.2) is 53.4 Å². The molecule has 2 aromatic rings. The molecule has 1 amide bonds. The first-order valence-electron chi connectivity index (χ1n) is 10.7. The van der Waals surface area contributed by atoms with Crippen molar-refractivity contribution in [3.63, 3.8) is 0 Å². The summed E-state index contributed by atoms with van der Waals surface area (Å²) in [6.45, 7) is 1.30. The summed E-state index contributed by atoms with van der Waals surface area (Å²) >= 11 is 0. The van der Waals surface area contributed by atoms with E-state index in [9.17, 15) is 18.0 Å². The fraction of sp³-hybridized carbons (Fsp3) is 0.391. The van der Waals surface area contributed by atoms with E-state index in [1.165, 1.54) is 28.6 Å². The first kappa shape index (κ1) is 22.4. The maximum atomic E-state index is 13.1. The quantitative estimate of drug-likeness (QED) is 0.636. The van der Waals surface area contributed by atoms with Crippen molar-refractivity contribution in [1.82, 2.24) is 9.62 Å². The standard InChI is InChI=1S/C23H26N2O6S/c26-22(24-14-20-8-4-12-30-20)16-31-23(27)18-7-3-9-21(13-18)32(28,29)25-11-10-17-5-1-2-6-19(17)15-25/h1-3,5-7,9,13,20H,4,8,10-12,14-16H2,(H,24,26). The van der Waals surface area contributed by atoms with Crippen molar-refractivity contribution in [3.05, 3.63) is 65.2 Å². The molecule has 4 rings (SSSR count). The van der Waals surface area contributed by atoms with E-state index >= 15 is 0 Å². The SMILES string of the molecule is O=C(COC(=O)c1cccc(S(=O)(=O)N2CCc3ccccc3C2)c1)NCC1CCCO1. The van der Waals surface area contributed by atoms with E-state index in [4.69, 9.17) is 9.47 Å². The molecule has 1 atom stereocenters. The molecule has 1 fully saturated rings. The summed E-state index contributed by atoms with van der Waals surface area (Å²) in [6, 6.07) is 13.5. The van der Waals surface area contributed by atoms with Crippen LogP contribution in [0.5, 0.6) is 0 Å². The van der Waals surface area contributed by atoms with Gasteiger partial charge in [0.1, 0.15) is 0 Å². The van der Waals surface area contributed by atoms with Gasteiger partial charge >= 0.3 is 5.97 Å². The second kappa shape index (κ2) is 9.81. The van der Waals surface area contributed by atoms with Gasteiger partial charge in [0.25, 0.3) is 5.91 Å². The van der Waals surface area contributed by atoms with Crippen LogP contribution in [0, 0.1) is 0 Å². The van der Waals surface area contributed by atoms with Gasteiger partial charge in [-0.1, -0.05) is 30.3 Å². The number of nitrogens with one attached hydrogen (secondary N) is 1. The van der Waals surface area contributed by atoms with Crippen LogP contribution in [-0.2, 0) is 37.3 Å². The Morgan fingerprint density at radius 1 is 1.12 bits per heavy atom. The highest BCUT2D eigenvalue weighted by molar-refractivity contribution is 7.89. The van der Waals surface area contributed by atoms with Gasteiger partial charge in [-0.3, -0.25) is 4.79 Å². The van der Waals surface area contributed by atoms with Gasteiger partial charge in [-0.25, -0.2) is 13.2 Å². The number of esters is 1. The Morgan fingerprint density at radius 2 is 1.94 bits per heavy atom. The van der Waals surface area contributed by atoms with Gasteiger partial charge in [0.05, 0.1) is 16.6 Å². The molecule has 0 aliphatic carbocycles. The molecule has 0 saturated carbocycles. The van der Waals surface area contributed by atoms with Crippen LogP contribution in [-0.4, -0.2) is 57.0 Å². The van der Waals surface area contributed by atoms with Crippen LogP contribution in [0.4, 0.5) is 0 Å². The van der Waals surface area contributed by atoms with Crippen molar-refractivity contribution in [2.45, 2.75) is 36.8 Å². The number of carbonyl (C=O) groups excluding carboxylic acids is 2. The normalized spacial score (nSPS) is 18.7. The number of fused-ring (bicyclic) bond motifs is 1. The predicted molar refractivity (Wildman–Crippen MR) is 116 cm³/mol. The monoisotopic (exact) mass is 458 g/mol. The molecule has 2 aliphatic rings. The summed E-state index contributed by atoms with van der Waals surface area (Å²) < 4.78 is 38.2. The maximum absolute atomic E-state index is 13.1. The van der Waals surface area contributed by atoms with Crippen molar-refractivity contribution >= 4 is 21.9 Å². The van der Waals surface area contributed by atoms with E-state index in [2.05, 4.69) is 5.32 Å². The molecule has 1 N–H and O–H groups in total. The molecule has 1 unspecified atom stereocenters. The third-order valence-corrected chi connectivity index (χ3v) is 7.53. The highest BCUT2D eigenvalue weighted by atomic mass is 32.2. The molecular formula is C23H26N2O6S. The number of amides is 1. The Morgan fingerprint density at radius 3 is 2.72 bits per heavy atom. The van der Waals surface area contributed by atoms with Gasteiger partial charge in [-0.15, -0.1) is 0 Å². The van der Waals surface area contributed by atoms with E-state index in [-0.39, 0.29) is 23.1 Å². The molecule has 0 spiro atoms. The maximum Gasteiger partial charge on any atom is 0.338 e.